The number of fused-ring (bicyclic) bond motifs is 1. The number of aromatic nitrogens is 4. The number of likely N-dealkylation sites (N-methyl/N-ethyl adjacent to an activating group) is 1. The highest BCUT2D eigenvalue weighted by Crippen LogP contribution is 2.33. The first kappa shape index (κ1) is 53.3. The molecule has 1 saturated heterocycles. The molecule has 15 nitrogen and oxygen atoms in total. The topological polar surface area (TPSA) is 184 Å². The normalized spacial score (nSPS) is 14.5. The zero-order valence-electron chi connectivity index (χ0n) is 36.4. The van der Waals surface area contributed by atoms with Crippen LogP contribution in [0.25, 0.3) is 22.0 Å². The van der Waals surface area contributed by atoms with Gasteiger partial charge in [-0.3, -0.25) is 9.59 Å². The average Bonchev–Trinajstić information content (AvgIpc) is 3.90. The Hall–Kier alpha value is -4.68. The molecule has 2 aromatic carbocycles. The number of imidazole rings is 1. The maximum Gasteiger partial charge on any atom is 0.407 e. The van der Waals surface area contributed by atoms with E-state index in [2.05, 4.69) is 83.9 Å². The van der Waals surface area contributed by atoms with E-state index in [-0.39, 0.29) is 76.2 Å². The Labute approximate surface area is 375 Å². The van der Waals surface area contributed by atoms with Gasteiger partial charge in [0.1, 0.15) is 17.9 Å². The molecule has 3 heterocycles. The van der Waals surface area contributed by atoms with Crippen LogP contribution in [0.2, 0.25) is 0 Å². The number of aromatic amines is 1. The van der Waals surface area contributed by atoms with Crippen molar-refractivity contribution in [3.05, 3.63) is 71.9 Å². The summed E-state index contributed by atoms with van der Waals surface area (Å²) in [5.74, 6) is 0.926. The van der Waals surface area contributed by atoms with Gasteiger partial charge in [0, 0.05) is 44.1 Å². The number of aryl methyl sites for hydroxylation is 2. The molecule has 60 heavy (non-hydrogen) atoms. The van der Waals surface area contributed by atoms with Gasteiger partial charge in [-0.1, -0.05) is 70.5 Å². The predicted octanol–water partition coefficient (Wildman–Crippen LogP) is 6.74. The van der Waals surface area contributed by atoms with Crippen LogP contribution in [0, 0.1) is 25.7 Å². The number of nitrogens with one attached hydrogen (secondary N) is 4. The van der Waals surface area contributed by atoms with Crippen LogP contribution in [-0.4, -0.2) is 106 Å². The van der Waals surface area contributed by atoms with E-state index >= 15 is 0 Å². The maximum absolute atomic E-state index is 13.3. The van der Waals surface area contributed by atoms with E-state index in [1.54, 1.807) is 24.3 Å². The third kappa shape index (κ3) is 14.2. The lowest BCUT2D eigenvalue weighted by molar-refractivity contribution is -0.136. The van der Waals surface area contributed by atoms with Crippen LogP contribution >= 0.6 is 40.5 Å². The number of methoxy groups -OCH3 is 2. The smallest absolute Gasteiger partial charge is 0.407 e. The van der Waals surface area contributed by atoms with E-state index in [0.29, 0.717) is 19.0 Å². The van der Waals surface area contributed by atoms with Crippen LogP contribution in [0.3, 0.4) is 0 Å². The van der Waals surface area contributed by atoms with Gasteiger partial charge in [0.15, 0.2) is 0 Å². The van der Waals surface area contributed by atoms with Gasteiger partial charge in [-0.2, -0.15) is 40.5 Å². The van der Waals surface area contributed by atoms with Crippen LogP contribution in [0.5, 0.6) is 0 Å². The Morgan fingerprint density at radius 1 is 0.833 bits per heavy atom. The molecule has 0 spiro atoms. The summed E-state index contributed by atoms with van der Waals surface area (Å²) in [7, 11) is 4.32. The van der Waals surface area contributed by atoms with E-state index in [9.17, 15) is 19.2 Å². The molecule has 1 aliphatic rings. The molecule has 2 aromatic heterocycles. The minimum atomic E-state index is -0.638. The summed E-state index contributed by atoms with van der Waals surface area (Å²) in [6.45, 7) is 14.8. The number of likely N-dealkylation sites (tertiary alicyclic amines) is 1. The lowest BCUT2D eigenvalue weighted by atomic mass is 10.0. The number of hydrogen-bond donors (Lipinski definition) is 4. The van der Waals surface area contributed by atoms with Gasteiger partial charge in [-0.25, -0.2) is 24.5 Å². The number of rotatable bonds is 13. The lowest BCUT2D eigenvalue weighted by Crippen LogP contribution is -2.53. The number of nitrogens with zero attached hydrogens (tertiary/aromatic N) is 5. The standard InChI is InChI=1S/C25H30N4O3.C17H29N5O3.3H2S/c1-15(2)22(28-25(31)32-4)24(30)29-11-5-6-21(29)23-26-14-20(27-23)19-10-9-17-12-16(3)7-8-18(17)13-19;1-7-13(10-20-16-18-8-12(4)9-19-16)22(5)15(23)14(11(2)3)21-17(24)25-6;;;/h7-10,12-15,21-22H,5-6,11H2,1-4H3,(H,26,27)(H,28,31);8-9,11,13-14H,7,10H2,1-6H3,(H,21,24)(H,18,19,20);3*1H2/t21-,22-;13?,14-;;;/m00.../s1. The number of ether oxygens (including phenoxy) is 2. The van der Waals surface area contributed by atoms with Crippen LogP contribution in [0.1, 0.15) is 76.9 Å². The third-order valence-electron chi connectivity index (χ3n) is 10.2. The molecule has 0 radical (unpaired) electrons. The Morgan fingerprint density at radius 2 is 1.42 bits per heavy atom. The number of H-pyrrole nitrogens is 1. The second-order valence-electron chi connectivity index (χ2n) is 15.1. The molecule has 5 rings (SSSR count). The van der Waals surface area contributed by atoms with Crippen molar-refractivity contribution in [1.82, 2.24) is 40.4 Å². The predicted molar refractivity (Wildman–Crippen MR) is 252 cm³/mol. The molecule has 1 aliphatic heterocycles. The number of alkyl carbamates (subject to hydrolysis) is 2. The molecule has 1 unspecified atom stereocenters. The zero-order chi connectivity index (χ0) is 41.8. The fourth-order valence-corrected chi connectivity index (χ4v) is 6.73. The van der Waals surface area contributed by atoms with Gasteiger partial charge in [0.05, 0.1) is 32.2 Å². The van der Waals surface area contributed by atoms with Crippen LogP contribution in [0.4, 0.5) is 15.5 Å². The summed E-state index contributed by atoms with van der Waals surface area (Å²) in [6.07, 6.45) is 6.58. The SMILES string of the molecule is CCC(CNc1ncc(C)cn1)N(C)C(=O)[C@@H](NC(=O)OC)C(C)C.COC(=O)N[C@H](C(=O)N1CCC[C@H]1c1ncc(-c2ccc3cc(C)ccc3c2)[nH]1)C(C)C.S.S.S. The highest BCUT2D eigenvalue weighted by atomic mass is 32.1. The van der Waals surface area contributed by atoms with Crippen molar-refractivity contribution in [3.63, 3.8) is 0 Å². The van der Waals surface area contributed by atoms with Gasteiger partial charge in [-0.05, 0) is 67.3 Å². The van der Waals surface area contributed by atoms with Crippen molar-refractivity contribution in [1.29, 1.82) is 0 Å². The number of carbonyl (C=O) groups is 4. The molecule has 0 aliphatic carbocycles. The minimum Gasteiger partial charge on any atom is -0.453 e. The fraction of sp³-hybridized carbons (Fsp3) is 0.500. The van der Waals surface area contributed by atoms with Crippen molar-refractivity contribution < 1.29 is 28.7 Å². The average molecular weight is 888 g/mol. The van der Waals surface area contributed by atoms with Crippen molar-refractivity contribution in [2.75, 3.05) is 39.7 Å². The molecule has 0 bridgehead atoms. The zero-order valence-corrected chi connectivity index (χ0v) is 39.4. The van der Waals surface area contributed by atoms with Crippen molar-refractivity contribution in [3.8, 4) is 11.3 Å². The van der Waals surface area contributed by atoms with Gasteiger partial charge in [0.25, 0.3) is 0 Å². The summed E-state index contributed by atoms with van der Waals surface area (Å²) >= 11 is 0. The molecule has 18 heteroatoms. The number of benzene rings is 2. The lowest BCUT2D eigenvalue weighted by Gasteiger charge is -2.32. The second-order valence-corrected chi connectivity index (χ2v) is 15.1. The van der Waals surface area contributed by atoms with Gasteiger partial charge >= 0.3 is 12.2 Å². The van der Waals surface area contributed by atoms with E-state index in [1.165, 1.54) is 30.6 Å². The molecule has 0 saturated carbocycles. The summed E-state index contributed by atoms with van der Waals surface area (Å²) in [4.78, 5) is 69.3. The Balaban J connectivity index is 0.000000589. The molecule has 4 aromatic rings. The fourth-order valence-electron chi connectivity index (χ4n) is 6.73. The Kier molecular flexibility index (Phi) is 22.4. The highest BCUT2D eigenvalue weighted by Gasteiger charge is 2.37. The second kappa shape index (κ2) is 25.2. The van der Waals surface area contributed by atoms with Gasteiger partial charge in [0.2, 0.25) is 17.8 Å². The first-order valence-electron chi connectivity index (χ1n) is 19.5. The summed E-state index contributed by atoms with van der Waals surface area (Å²) in [6, 6.07) is 11.3. The van der Waals surface area contributed by atoms with E-state index in [1.807, 2.05) is 52.6 Å². The highest BCUT2D eigenvalue weighted by molar-refractivity contribution is 7.59. The van der Waals surface area contributed by atoms with E-state index < -0.39 is 24.3 Å². The summed E-state index contributed by atoms with van der Waals surface area (Å²) in [5, 5.41) is 10.8. The van der Waals surface area contributed by atoms with Gasteiger partial charge in [-0.15, -0.1) is 0 Å². The molecular weight excluding hydrogens is 823 g/mol. The molecule has 1 fully saturated rings. The number of carbonyl (C=O) groups excluding carboxylic acids is 4. The monoisotopic (exact) mass is 887 g/mol. The van der Waals surface area contributed by atoms with Crippen molar-refractivity contribution in [2.24, 2.45) is 11.8 Å². The Morgan fingerprint density at radius 3 is 2.00 bits per heavy atom. The minimum absolute atomic E-state index is 0. The quantitative estimate of drug-likeness (QED) is 0.112. The number of anilines is 1. The number of amides is 4. The van der Waals surface area contributed by atoms with E-state index in [0.717, 1.165) is 41.9 Å². The maximum atomic E-state index is 13.3. The van der Waals surface area contributed by atoms with Gasteiger partial charge < -0.3 is 40.2 Å². The van der Waals surface area contributed by atoms with Crippen LogP contribution < -0.4 is 16.0 Å². The molecule has 4 N–H and O–H groups in total. The molecule has 332 valence electrons. The largest absolute Gasteiger partial charge is 0.453 e. The summed E-state index contributed by atoms with van der Waals surface area (Å²) in [5.41, 5.74) is 4.21. The summed E-state index contributed by atoms with van der Waals surface area (Å²) < 4.78 is 9.32. The van der Waals surface area contributed by atoms with Crippen LogP contribution in [-0.2, 0) is 19.1 Å². The van der Waals surface area contributed by atoms with Crippen LogP contribution in [0.15, 0.2) is 55.0 Å². The van der Waals surface area contributed by atoms with Crippen molar-refractivity contribution >= 4 is 81.2 Å². The molecular formula is C42H65N9O6S3. The van der Waals surface area contributed by atoms with Crippen molar-refractivity contribution in [2.45, 2.75) is 91.9 Å². The molecule has 4 atom stereocenters. The number of hydrogen-bond acceptors (Lipinski definition) is 10. The Bertz CT molecular complexity index is 1980. The van der Waals surface area contributed by atoms with E-state index in [4.69, 9.17) is 4.74 Å². The first-order chi connectivity index (χ1) is 27.2. The third-order valence-corrected chi connectivity index (χ3v) is 10.2. The molecule has 4 amide bonds. The first-order valence-corrected chi connectivity index (χ1v) is 19.5.